The monoisotopic (exact) mass is 660 g/mol. The maximum Gasteiger partial charge on any atom is 0.326 e. The van der Waals surface area contributed by atoms with Crippen LogP contribution in [0.5, 0.6) is 0 Å². The van der Waals surface area contributed by atoms with Crippen molar-refractivity contribution in [3.63, 3.8) is 0 Å². The normalized spacial score (nSPS) is 11.7. The van der Waals surface area contributed by atoms with Crippen molar-refractivity contribution in [2.45, 2.75) is 45.1 Å². The minimum absolute atomic E-state index is 0.321. The summed E-state index contributed by atoms with van der Waals surface area (Å²) < 4.78 is 3.90. The number of amides is 1. The van der Waals surface area contributed by atoms with Crippen LogP contribution in [-0.4, -0.2) is 48.7 Å². The number of nitrogens with one attached hydrogen (secondary N) is 3. The van der Waals surface area contributed by atoms with Crippen LogP contribution in [0.25, 0.3) is 21.5 Å². The Labute approximate surface area is 286 Å². The van der Waals surface area contributed by atoms with Gasteiger partial charge in [0.25, 0.3) is 5.91 Å². The molecule has 11 heteroatoms. The highest BCUT2D eigenvalue weighted by Gasteiger charge is 2.22. The molecule has 6 aromatic rings. The van der Waals surface area contributed by atoms with Crippen molar-refractivity contribution in [1.82, 2.24) is 35.1 Å². The van der Waals surface area contributed by atoms with Crippen LogP contribution in [0.3, 0.4) is 0 Å². The number of hydrogen-bond acceptors (Lipinski definition) is 7. The molecule has 1 amide bonds. The molecule has 0 aliphatic rings. The predicted molar refractivity (Wildman–Crippen MR) is 193 cm³/mol. The van der Waals surface area contributed by atoms with Crippen LogP contribution in [0.1, 0.15) is 46.0 Å². The van der Waals surface area contributed by atoms with Gasteiger partial charge >= 0.3 is 5.97 Å². The number of imidazole rings is 2. The molecular weight excluding hydrogens is 616 g/mol. The molecule has 0 aliphatic carbocycles. The summed E-state index contributed by atoms with van der Waals surface area (Å²) in [6.45, 7) is 3.06. The third-order valence-electron chi connectivity index (χ3n) is 8.53. The summed E-state index contributed by atoms with van der Waals surface area (Å²) >= 11 is 0. The number of nitrogens with zero attached hydrogens (tertiary/aromatic N) is 4. The molecule has 0 aliphatic heterocycles. The molecule has 4 aromatic carbocycles. The van der Waals surface area contributed by atoms with Crippen LogP contribution in [-0.2, 0) is 45.1 Å². The Morgan fingerprint density at radius 3 is 2.04 bits per heavy atom. The van der Waals surface area contributed by atoms with Gasteiger partial charge in [-0.3, -0.25) is 4.79 Å². The molecule has 11 nitrogen and oxygen atoms in total. The molecule has 2 heterocycles. The Kier molecular flexibility index (Phi) is 12.2. The van der Waals surface area contributed by atoms with Crippen molar-refractivity contribution < 1.29 is 14.7 Å². The maximum absolute atomic E-state index is 13.1. The van der Waals surface area contributed by atoms with Crippen molar-refractivity contribution in [1.29, 1.82) is 0 Å². The molecule has 1 atom stereocenters. The number of hydrogen-bond donors (Lipinski definition) is 5. The lowest BCUT2D eigenvalue weighted by Gasteiger charge is -2.17. The van der Waals surface area contributed by atoms with E-state index in [9.17, 15) is 14.7 Å². The van der Waals surface area contributed by atoms with E-state index in [2.05, 4.69) is 50.2 Å². The van der Waals surface area contributed by atoms with Crippen molar-refractivity contribution in [3.05, 3.63) is 132 Å². The average Bonchev–Trinajstić information content (AvgIpc) is 3.73. The maximum atomic E-state index is 13.1. The molecule has 0 fully saturated rings. The number of aromatic nitrogens is 4. The van der Waals surface area contributed by atoms with E-state index in [4.69, 9.17) is 5.73 Å². The number of fused-ring (bicyclic) bond motifs is 2. The van der Waals surface area contributed by atoms with E-state index in [0.29, 0.717) is 51.1 Å². The standard InChI is InChI=1S/C27H33N7O3.C11H11N/c1-33-14-12-30-24(33)17-28-11-5-8-23(27(36)37)32-26(35)22-10-9-19(20-6-3-4-7-21(20)22)16-29-18-25-31-13-15-34(25)2;12-8-10-6-3-5-9-4-1-2-7-11(9)10/h3-4,6-7,9-10,12-15,23,28-29H,5,8,11,16-18H2,1-2H3,(H,32,35)(H,36,37);1-7H,8,12H2/t23-;/m0./s1. The summed E-state index contributed by atoms with van der Waals surface area (Å²) in [6, 6.07) is 24.9. The lowest BCUT2D eigenvalue weighted by molar-refractivity contribution is -0.139. The Morgan fingerprint density at radius 1 is 0.755 bits per heavy atom. The minimum atomic E-state index is -1.04. The van der Waals surface area contributed by atoms with Crippen LogP contribution < -0.4 is 21.7 Å². The molecule has 0 spiro atoms. The van der Waals surface area contributed by atoms with Crippen LogP contribution in [0.4, 0.5) is 0 Å². The molecule has 0 bridgehead atoms. The molecule has 6 rings (SSSR count). The van der Waals surface area contributed by atoms with Crippen LogP contribution >= 0.6 is 0 Å². The van der Waals surface area contributed by atoms with Gasteiger partial charge in [0.15, 0.2) is 0 Å². The van der Waals surface area contributed by atoms with Gasteiger partial charge in [0, 0.05) is 57.5 Å². The van der Waals surface area contributed by atoms with Crippen LogP contribution in [0.2, 0.25) is 0 Å². The van der Waals surface area contributed by atoms with E-state index in [1.54, 1.807) is 18.5 Å². The second-order valence-corrected chi connectivity index (χ2v) is 11.9. The predicted octanol–water partition coefficient (Wildman–Crippen LogP) is 4.65. The highest BCUT2D eigenvalue weighted by atomic mass is 16.4. The zero-order chi connectivity index (χ0) is 34.6. The smallest absolute Gasteiger partial charge is 0.326 e. The number of aryl methyl sites for hydroxylation is 2. The van der Waals surface area contributed by atoms with Crippen LogP contribution in [0, 0.1) is 0 Å². The largest absolute Gasteiger partial charge is 0.480 e. The van der Waals surface area contributed by atoms with Gasteiger partial charge in [0.1, 0.15) is 17.7 Å². The van der Waals surface area contributed by atoms with E-state index < -0.39 is 17.9 Å². The number of rotatable bonds is 14. The van der Waals surface area contributed by atoms with Crippen LogP contribution in [0.15, 0.2) is 104 Å². The van der Waals surface area contributed by atoms with Gasteiger partial charge in [-0.05, 0) is 58.1 Å². The van der Waals surface area contributed by atoms with Gasteiger partial charge in [0.2, 0.25) is 0 Å². The summed E-state index contributed by atoms with van der Waals surface area (Å²) in [5.41, 5.74) is 8.34. The second-order valence-electron chi connectivity index (χ2n) is 11.9. The number of aliphatic carboxylic acids is 1. The Morgan fingerprint density at radius 2 is 1.39 bits per heavy atom. The first kappa shape index (κ1) is 35.0. The number of benzene rings is 4. The lowest BCUT2D eigenvalue weighted by Crippen LogP contribution is -2.41. The number of carbonyl (C=O) groups excluding carboxylic acids is 1. The minimum Gasteiger partial charge on any atom is -0.480 e. The van der Waals surface area contributed by atoms with Gasteiger partial charge in [-0.15, -0.1) is 0 Å². The Balaban J connectivity index is 0.000000325. The first-order chi connectivity index (χ1) is 23.9. The van der Waals surface area contributed by atoms with E-state index in [1.807, 2.05) is 84.2 Å². The van der Waals surface area contributed by atoms with Crippen molar-refractivity contribution in [2.24, 2.45) is 19.8 Å². The van der Waals surface area contributed by atoms with Gasteiger partial charge in [-0.25, -0.2) is 14.8 Å². The van der Waals surface area contributed by atoms with Crippen molar-refractivity contribution in [3.8, 4) is 0 Å². The fourth-order valence-electron chi connectivity index (χ4n) is 5.75. The Bertz CT molecular complexity index is 1990. The van der Waals surface area contributed by atoms with Crippen molar-refractivity contribution >= 4 is 33.4 Å². The van der Waals surface area contributed by atoms with Gasteiger partial charge in [-0.2, -0.15) is 0 Å². The van der Waals surface area contributed by atoms with E-state index in [1.165, 1.54) is 16.3 Å². The summed E-state index contributed by atoms with van der Waals surface area (Å²) in [4.78, 5) is 33.6. The highest BCUT2D eigenvalue weighted by Crippen LogP contribution is 2.23. The number of carbonyl (C=O) groups is 2. The molecule has 6 N–H and O–H groups in total. The third-order valence-corrected chi connectivity index (χ3v) is 8.53. The molecule has 254 valence electrons. The van der Waals surface area contributed by atoms with E-state index >= 15 is 0 Å². The SMILES string of the molecule is Cn1ccnc1CNCCC[C@H](NC(=O)c1ccc(CNCc2nccn2C)c2ccccc12)C(=O)O.NCc1cccc2ccccc12. The zero-order valence-electron chi connectivity index (χ0n) is 28.0. The topological polar surface area (TPSA) is 152 Å². The molecule has 0 saturated carbocycles. The number of nitrogens with two attached hydrogens (primary N) is 1. The highest BCUT2D eigenvalue weighted by molar-refractivity contribution is 6.08. The van der Waals surface area contributed by atoms with E-state index in [0.717, 1.165) is 28.0 Å². The first-order valence-electron chi connectivity index (χ1n) is 16.4. The van der Waals surface area contributed by atoms with Gasteiger partial charge in [0.05, 0.1) is 13.1 Å². The quantitative estimate of drug-likeness (QED) is 0.106. The van der Waals surface area contributed by atoms with Gasteiger partial charge < -0.3 is 35.9 Å². The number of carboxylic acids is 1. The summed E-state index contributed by atoms with van der Waals surface area (Å²) in [6.07, 6.45) is 8.21. The van der Waals surface area contributed by atoms with Crippen molar-refractivity contribution in [2.75, 3.05) is 6.54 Å². The fourth-order valence-corrected chi connectivity index (χ4v) is 5.75. The Hall–Kier alpha value is -5.36. The molecule has 49 heavy (non-hydrogen) atoms. The molecule has 0 radical (unpaired) electrons. The lowest BCUT2D eigenvalue weighted by atomic mass is 9.98. The first-order valence-corrected chi connectivity index (χ1v) is 16.4. The second kappa shape index (κ2) is 17.2. The third kappa shape index (κ3) is 9.17. The summed E-state index contributed by atoms with van der Waals surface area (Å²) in [5, 5.41) is 23.4. The summed E-state index contributed by atoms with van der Waals surface area (Å²) in [5.74, 6) is 0.408. The zero-order valence-corrected chi connectivity index (χ0v) is 28.0. The molecule has 0 saturated heterocycles. The number of carboxylic acid groups (broad SMARTS) is 1. The molecule has 0 unspecified atom stereocenters. The molecule has 2 aromatic heterocycles. The van der Waals surface area contributed by atoms with E-state index in [-0.39, 0.29) is 0 Å². The summed E-state index contributed by atoms with van der Waals surface area (Å²) in [7, 11) is 3.88. The average molecular weight is 661 g/mol. The molecular formula is C38H44N8O3. The fraction of sp³-hybridized carbons (Fsp3) is 0.263. The van der Waals surface area contributed by atoms with Gasteiger partial charge in [-0.1, -0.05) is 72.8 Å².